The van der Waals surface area contributed by atoms with Crippen molar-refractivity contribution in [2.45, 2.75) is 94.5 Å². The van der Waals surface area contributed by atoms with Crippen LogP contribution in [-0.4, -0.2) is 66.5 Å². The fourth-order valence-corrected chi connectivity index (χ4v) is 7.20. The predicted octanol–water partition coefficient (Wildman–Crippen LogP) is 6.12. The maximum absolute atomic E-state index is 13.8. The van der Waals surface area contributed by atoms with Crippen molar-refractivity contribution in [3.63, 3.8) is 0 Å². The fourth-order valence-electron chi connectivity index (χ4n) is 5.27. The summed E-state index contributed by atoms with van der Waals surface area (Å²) in [6.07, 6.45) is 10.6. The van der Waals surface area contributed by atoms with E-state index in [1.165, 1.54) is 17.8 Å². The molecule has 2 aromatic heterocycles. The zero-order valence-corrected chi connectivity index (χ0v) is 29.3. The molecule has 8 N–H and O–H groups in total. The predicted molar refractivity (Wildman–Crippen MR) is 188 cm³/mol. The first-order chi connectivity index (χ1) is 22.6. The minimum absolute atomic E-state index is 0.0422. The summed E-state index contributed by atoms with van der Waals surface area (Å²) in [4.78, 5) is 20.6. The van der Waals surface area contributed by atoms with E-state index in [1.807, 2.05) is 36.7 Å². The van der Waals surface area contributed by atoms with Crippen LogP contribution in [0.3, 0.4) is 0 Å². The first-order valence-electron chi connectivity index (χ1n) is 15.2. The first kappa shape index (κ1) is 35.7. The van der Waals surface area contributed by atoms with E-state index in [4.69, 9.17) is 23.1 Å². The average Bonchev–Trinajstić information content (AvgIpc) is 3.04. The molecule has 2 aromatic carbocycles. The molecule has 2 heterocycles. The van der Waals surface area contributed by atoms with Crippen LogP contribution in [0.4, 0.5) is 16.3 Å². The van der Waals surface area contributed by atoms with Gasteiger partial charge in [-0.15, -0.1) is 0 Å². The maximum atomic E-state index is 13.8. The molecule has 2 saturated carbocycles. The Morgan fingerprint density at radius 1 is 0.723 bits per heavy atom. The summed E-state index contributed by atoms with van der Waals surface area (Å²) in [7, 11) is 0. The number of hydrogen-bond acceptors (Lipinski definition) is 12. The lowest BCUT2D eigenvalue weighted by molar-refractivity contribution is 0.115. The highest BCUT2D eigenvalue weighted by atomic mass is 79.9. The smallest absolute Gasteiger partial charge is 0.222 e. The molecular weight excluding hydrogens is 727 g/mol. The van der Waals surface area contributed by atoms with E-state index in [0.29, 0.717) is 34.7 Å². The van der Waals surface area contributed by atoms with Crippen LogP contribution in [0.1, 0.15) is 38.5 Å². The van der Waals surface area contributed by atoms with Gasteiger partial charge in [-0.25, -0.2) is 24.3 Å². The van der Waals surface area contributed by atoms with Gasteiger partial charge >= 0.3 is 0 Å². The summed E-state index contributed by atoms with van der Waals surface area (Å²) in [6, 6.07) is 12.6. The summed E-state index contributed by atoms with van der Waals surface area (Å²) >= 11 is 12.0. The third-order valence-corrected chi connectivity index (χ3v) is 10.5. The zero-order chi connectivity index (χ0) is 33.3. The van der Waals surface area contributed by atoms with Crippen molar-refractivity contribution in [3.05, 3.63) is 82.6 Å². The second kappa shape index (κ2) is 17.2. The van der Waals surface area contributed by atoms with E-state index in [9.17, 15) is 14.6 Å². The normalized spacial score (nSPS) is 24.1. The monoisotopic (exact) mass is 762 g/mol. The Hall–Kier alpha value is -2.56. The van der Waals surface area contributed by atoms with Crippen LogP contribution in [0.5, 0.6) is 0 Å². The molecular formula is C32H37BrClFN8O2S2. The van der Waals surface area contributed by atoms with E-state index < -0.39 is 0 Å². The van der Waals surface area contributed by atoms with Gasteiger partial charge in [0.05, 0.1) is 12.2 Å². The molecule has 0 amide bonds. The van der Waals surface area contributed by atoms with Crippen molar-refractivity contribution in [2.24, 2.45) is 11.5 Å². The van der Waals surface area contributed by atoms with Gasteiger partial charge in [-0.3, -0.25) is 0 Å². The summed E-state index contributed by atoms with van der Waals surface area (Å²) in [5, 5.41) is 26.1. The largest absolute Gasteiger partial charge is 0.393 e. The molecule has 250 valence electrons. The lowest BCUT2D eigenvalue weighted by Gasteiger charge is -2.32. The van der Waals surface area contributed by atoms with Gasteiger partial charge in [0, 0.05) is 78.0 Å². The van der Waals surface area contributed by atoms with E-state index in [0.717, 1.165) is 44.8 Å². The molecule has 2 aliphatic carbocycles. The molecule has 2 fully saturated rings. The van der Waals surface area contributed by atoms with Gasteiger partial charge in [0.1, 0.15) is 5.82 Å². The topological polar surface area (TPSA) is 168 Å². The standard InChI is InChI=1S/C16H19BrN4OS.C16H18ClFN4OS/c17-10-1-4-12(5-2-10)23-13-8-19-16(20-9-13)21-15-6-3-11(22)7-14(15)18;17-9-1-4-15(12(18)5-9)24-11-7-20-16(21-8-11)22-14-3-2-10(23)6-13(14)19/h1-2,4-5,8-9,11,14-15,22H,3,6-7,18H2,(H,19,20,21);1,4-5,7-8,10,13-14,23H,2-3,6,19H2,(H,20,21,22). The van der Waals surface area contributed by atoms with Gasteiger partial charge < -0.3 is 32.3 Å². The van der Waals surface area contributed by atoms with Crippen molar-refractivity contribution < 1.29 is 14.6 Å². The van der Waals surface area contributed by atoms with Crippen LogP contribution in [0.2, 0.25) is 5.02 Å². The molecule has 15 heteroatoms. The summed E-state index contributed by atoms with van der Waals surface area (Å²) < 4.78 is 14.9. The molecule has 6 rings (SSSR count). The Labute approximate surface area is 295 Å². The average molecular weight is 764 g/mol. The molecule has 6 atom stereocenters. The van der Waals surface area contributed by atoms with Crippen LogP contribution in [-0.2, 0) is 0 Å². The lowest BCUT2D eigenvalue weighted by Crippen LogP contribution is -2.46. The molecule has 6 unspecified atom stereocenters. The number of aliphatic hydroxyl groups excluding tert-OH is 2. The molecule has 2 aliphatic rings. The summed E-state index contributed by atoms with van der Waals surface area (Å²) in [6.45, 7) is 0. The second-order valence-electron chi connectivity index (χ2n) is 11.5. The minimum atomic E-state index is -0.374. The molecule has 0 saturated heterocycles. The molecule has 0 bridgehead atoms. The SMILES string of the molecule is NC1CC(O)CCC1Nc1ncc(Sc2ccc(Br)cc2)cn1.NC1CC(O)CCC1Nc1ncc(Sc2ccc(Cl)cc2F)cn1. The number of halogens is 3. The lowest BCUT2D eigenvalue weighted by atomic mass is 9.89. The molecule has 4 aromatic rings. The Kier molecular flexibility index (Phi) is 13.1. The Morgan fingerprint density at radius 3 is 1.68 bits per heavy atom. The molecule has 0 spiro atoms. The number of rotatable bonds is 8. The maximum Gasteiger partial charge on any atom is 0.222 e. The number of nitrogens with zero attached hydrogens (tertiary/aromatic N) is 4. The fraction of sp³-hybridized carbons (Fsp3) is 0.375. The Morgan fingerprint density at radius 2 is 1.21 bits per heavy atom. The summed E-state index contributed by atoms with van der Waals surface area (Å²) in [5.74, 6) is 0.691. The van der Waals surface area contributed by atoms with Crippen molar-refractivity contribution >= 4 is 63.0 Å². The van der Waals surface area contributed by atoms with E-state index in [1.54, 1.807) is 36.3 Å². The van der Waals surface area contributed by atoms with E-state index in [2.05, 4.69) is 46.5 Å². The number of aromatic nitrogens is 4. The van der Waals surface area contributed by atoms with Gasteiger partial charge in [0.15, 0.2) is 0 Å². The van der Waals surface area contributed by atoms with E-state index >= 15 is 0 Å². The van der Waals surface area contributed by atoms with Gasteiger partial charge in [0.25, 0.3) is 0 Å². The van der Waals surface area contributed by atoms with Crippen molar-refractivity contribution in [3.8, 4) is 0 Å². The highest BCUT2D eigenvalue weighted by Crippen LogP contribution is 2.31. The van der Waals surface area contributed by atoms with Gasteiger partial charge in [0.2, 0.25) is 11.9 Å². The quantitative estimate of drug-likeness (QED) is 0.122. The third-order valence-electron chi connectivity index (χ3n) is 7.80. The second-order valence-corrected chi connectivity index (χ2v) is 15.1. The van der Waals surface area contributed by atoms with Crippen molar-refractivity contribution in [1.82, 2.24) is 19.9 Å². The number of hydrogen-bond donors (Lipinski definition) is 6. The molecule has 0 aliphatic heterocycles. The van der Waals surface area contributed by atoms with Crippen LogP contribution >= 0.6 is 51.1 Å². The Balaban J connectivity index is 0.000000185. The Bertz CT molecular complexity index is 1580. The van der Waals surface area contributed by atoms with Crippen LogP contribution in [0.25, 0.3) is 0 Å². The van der Waals surface area contributed by atoms with Crippen LogP contribution < -0.4 is 22.1 Å². The van der Waals surface area contributed by atoms with Gasteiger partial charge in [-0.05, 0) is 81.0 Å². The van der Waals surface area contributed by atoms with E-state index in [-0.39, 0.29) is 42.2 Å². The first-order valence-corrected chi connectivity index (χ1v) is 18.0. The van der Waals surface area contributed by atoms with Crippen LogP contribution in [0.15, 0.2) is 91.3 Å². The number of nitrogens with two attached hydrogens (primary N) is 2. The molecule has 47 heavy (non-hydrogen) atoms. The van der Waals surface area contributed by atoms with Gasteiger partial charge in [-0.2, -0.15) is 0 Å². The van der Waals surface area contributed by atoms with Crippen molar-refractivity contribution in [2.75, 3.05) is 10.6 Å². The van der Waals surface area contributed by atoms with Gasteiger partial charge in [-0.1, -0.05) is 51.1 Å². The van der Waals surface area contributed by atoms with Crippen LogP contribution in [0, 0.1) is 5.82 Å². The summed E-state index contributed by atoms with van der Waals surface area (Å²) in [5.41, 5.74) is 12.1. The number of nitrogens with one attached hydrogen (secondary N) is 2. The number of anilines is 2. The zero-order valence-electron chi connectivity index (χ0n) is 25.3. The number of aliphatic hydroxyl groups is 2. The highest BCUT2D eigenvalue weighted by Gasteiger charge is 2.28. The minimum Gasteiger partial charge on any atom is -0.393 e. The molecule has 10 nitrogen and oxygen atoms in total. The third kappa shape index (κ3) is 11.0. The molecule has 0 radical (unpaired) electrons. The highest BCUT2D eigenvalue weighted by molar-refractivity contribution is 9.10. The van der Waals surface area contributed by atoms with Crippen molar-refractivity contribution in [1.29, 1.82) is 0 Å². The number of benzene rings is 2.